The minimum absolute atomic E-state index is 0.864. The van der Waals surface area contributed by atoms with Crippen molar-refractivity contribution >= 4 is 0 Å². The number of unbranched alkanes of at least 4 members (excludes halogenated alkanes) is 3. The van der Waals surface area contributed by atoms with Crippen LogP contribution in [0.5, 0.6) is 5.75 Å². The molecule has 0 radical (unpaired) electrons. The van der Waals surface area contributed by atoms with Crippen molar-refractivity contribution in [2.75, 3.05) is 19.7 Å². The van der Waals surface area contributed by atoms with Crippen LogP contribution in [0.4, 0.5) is 0 Å². The highest BCUT2D eigenvalue weighted by Crippen LogP contribution is 2.26. The molecule has 0 saturated heterocycles. The molecule has 1 aromatic carbocycles. The monoisotopic (exact) mass is 247 g/mol. The fourth-order valence-electron chi connectivity index (χ4n) is 2.50. The highest BCUT2D eigenvalue weighted by Gasteiger charge is 2.11. The molecule has 1 aliphatic heterocycles. The van der Waals surface area contributed by atoms with E-state index < -0.39 is 0 Å². The maximum Gasteiger partial charge on any atom is 0.122 e. The average molecular weight is 247 g/mol. The first-order chi connectivity index (χ1) is 8.90. The van der Waals surface area contributed by atoms with Crippen molar-refractivity contribution < 1.29 is 4.74 Å². The molecule has 0 saturated carbocycles. The number of fused-ring (bicyclic) bond motifs is 1. The zero-order chi connectivity index (χ0) is 12.6. The molecule has 0 fully saturated rings. The third kappa shape index (κ3) is 4.02. The van der Waals surface area contributed by atoms with Crippen LogP contribution in [0.15, 0.2) is 18.2 Å². The molecular formula is C16H25NO. The van der Waals surface area contributed by atoms with Gasteiger partial charge in [0.05, 0.1) is 6.61 Å². The number of hydrogen-bond donors (Lipinski definition) is 1. The van der Waals surface area contributed by atoms with Crippen molar-refractivity contribution in [3.63, 3.8) is 0 Å². The lowest BCUT2D eigenvalue weighted by molar-refractivity contribution is 0.357. The van der Waals surface area contributed by atoms with Crippen molar-refractivity contribution in [1.82, 2.24) is 5.32 Å². The molecule has 2 nitrogen and oxygen atoms in total. The van der Waals surface area contributed by atoms with E-state index in [9.17, 15) is 0 Å². The van der Waals surface area contributed by atoms with Gasteiger partial charge < -0.3 is 10.1 Å². The molecule has 0 bridgehead atoms. The Kier molecular flexibility index (Phi) is 5.53. The molecule has 1 N–H and O–H groups in total. The Labute approximate surface area is 111 Å². The fraction of sp³-hybridized carbons (Fsp3) is 0.625. The highest BCUT2D eigenvalue weighted by molar-refractivity contribution is 5.39. The van der Waals surface area contributed by atoms with Gasteiger partial charge in [0, 0.05) is 6.42 Å². The first kappa shape index (κ1) is 13.4. The second-order valence-electron chi connectivity index (χ2n) is 5.06. The molecule has 0 unspecified atom stereocenters. The summed E-state index contributed by atoms with van der Waals surface area (Å²) >= 11 is 0. The van der Waals surface area contributed by atoms with Crippen LogP contribution in [0.25, 0.3) is 0 Å². The molecule has 1 aliphatic rings. The summed E-state index contributed by atoms with van der Waals surface area (Å²) in [6, 6.07) is 6.70. The van der Waals surface area contributed by atoms with Gasteiger partial charge in [-0.25, -0.2) is 0 Å². The number of benzene rings is 1. The van der Waals surface area contributed by atoms with E-state index in [1.807, 2.05) is 0 Å². The number of hydrogen-bond acceptors (Lipinski definition) is 2. The molecule has 0 aromatic heterocycles. The first-order valence-corrected chi connectivity index (χ1v) is 7.35. The first-order valence-electron chi connectivity index (χ1n) is 7.35. The predicted molar refractivity (Wildman–Crippen MR) is 76.4 cm³/mol. The maximum atomic E-state index is 5.53. The second kappa shape index (κ2) is 7.42. The minimum atomic E-state index is 0.864. The molecule has 0 atom stereocenters. The van der Waals surface area contributed by atoms with Crippen LogP contribution in [0.3, 0.4) is 0 Å². The van der Waals surface area contributed by atoms with Crippen LogP contribution < -0.4 is 10.1 Å². The van der Waals surface area contributed by atoms with E-state index in [2.05, 4.69) is 30.4 Å². The van der Waals surface area contributed by atoms with Crippen LogP contribution in [-0.2, 0) is 12.8 Å². The van der Waals surface area contributed by atoms with E-state index in [0.717, 1.165) is 25.3 Å². The molecule has 2 rings (SSSR count). The van der Waals surface area contributed by atoms with Crippen LogP contribution in [0, 0.1) is 0 Å². The number of ether oxygens (including phenoxy) is 1. The Balaban J connectivity index is 1.62. The third-order valence-corrected chi connectivity index (χ3v) is 3.57. The van der Waals surface area contributed by atoms with Crippen LogP contribution in [0.1, 0.15) is 43.7 Å². The lowest BCUT2D eigenvalue weighted by Gasteiger charge is -2.05. The van der Waals surface area contributed by atoms with Gasteiger partial charge in [-0.3, -0.25) is 0 Å². The van der Waals surface area contributed by atoms with Gasteiger partial charge in [-0.2, -0.15) is 0 Å². The Morgan fingerprint density at radius 1 is 1.17 bits per heavy atom. The summed E-state index contributed by atoms with van der Waals surface area (Å²) in [4.78, 5) is 0. The molecule has 0 amide bonds. The van der Waals surface area contributed by atoms with E-state index in [1.165, 1.54) is 49.8 Å². The van der Waals surface area contributed by atoms with Gasteiger partial charge in [0.15, 0.2) is 0 Å². The Bertz CT molecular complexity index is 362. The fourth-order valence-corrected chi connectivity index (χ4v) is 2.50. The van der Waals surface area contributed by atoms with Crippen LogP contribution in [-0.4, -0.2) is 19.7 Å². The molecule has 2 heteroatoms. The average Bonchev–Trinajstić information content (AvgIpc) is 2.85. The topological polar surface area (TPSA) is 21.3 Å². The molecule has 0 spiro atoms. The Morgan fingerprint density at radius 2 is 2.06 bits per heavy atom. The van der Waals surface area contributed by atoms with Gasteiger partial charge in [0.2, 0.25) is 0 Å². The molecule has 100 valence electrons. The number of rotatable bonds is 8. The molecular weight excluding hydrogens is 222 g/mol. The predicted octanol–water partition coefficient (Wildman–Crippen LogP) is 3.33. The second-order valence-corrected chi connectivity index (χ2v) is 5.06. The standard InChI is InChI=1S/C16H25NO/c1-2-17-11-6-4-3-5-7-14-8-9-16-15(13-14)10-12-18-16/h8-9,13,17H,2-7,10-12H2,1H3. The Morgan fingerprint density at radius 3 is 2.94 bits per heavy atom. The van der Waals surface area contributed by atoms with Gasteiger partial charge in [-0.05, 0) is 49.5 Å². The van der Waals surface area contributed by atoms with E-state index in [-0.39, 0.29) is 0 Å². The largest absolute Gasteiger partial charge is 0.493 e. The summed E-state index contributed by atoms with van der Waals surface area (Å²) in [5.41, 5.74) is 2.88. The summed E-state index contributed by atoms with van der Waals surface area (Å²) in [5.74, 6) is 1.10. The smallest absolute Gasteiger partial charge is 0.122 e. The molecule has 1 heterocycles. The van der Waals surface area contributed by atoms with Crippen LogP contribution >= 0.6 is 0 Å². The van der Waals surface area contributed by atoms with Crippen molar-refractivity contribution in [1.29, 1.82) is 0 Å². The quantitative estimate of drug-likeness (QED) is 0.711. The van der Waals surface area contributed by atoms with Gasteiger partial charge in [0.25, 0.3) is 0 Å². The van der Waals surface area contributed by atoms with Crippen molar-refractivity contribution in [2.45, 2.75) is 45.4 Å². The summed E-state index contributed by atoms with van der Waals surface area (Å²) in [6.07, 6.45) is 7.62. The van der Waals surface area contributed by atoms with Crippen molar-refractivity contribution in [3.05, 3.63) is 29.3 Å². The summed E-state index contributed by atoms with van der Waals surface area (Å²) in [6.45, 7) is 5.30. The van der Waals surface area contributed by atoms with Gasteiger partial charge in [-0.15, -0.1) is 0 Å². The van der Waals surface area contributed by atoms with Gasteiger partial charge in [0.1, 0.15) is 5.75 Å². The highest BCUT2D eigenvalue weighted by atomic mass is 16.5. The zero-order valence-electron chi connectivity index (χ0n) is 11.5. The minimum Gasteiger partial charge on any atom is -0.493 e. The third-order valence-electron chi connectivity index (χ3n) is 3.57. The summed E-state index contributed by atoms with van der Waals surface area (Å²) < 4.78 is 5.53. The van der Waals surface area contributed by atoms with Crippen LogP contribution in [0.2, 0.25) is 0 Å². The van der Waals surface area contributed by atoms with E-state index >= 15 is 0 Å². The Hall–Kier alpha value is -1.02. The summed E-state index contributed by atoms with van der Waals surface area (Å²) in [5, 5.41) is 3.37. The molecule has 18 heavy (non-hydrogen) atoms. The SMILES string of the molecule is CCNCCCCCCc1ccc2c(c1)CCO2. The maximum absolute atomic E-state index is 5.53. The number of aryl methyl sites for hydroxylation is 1. The van der Waals surface area contributed by atoms with Crippen molar-refractivity contribution in [2.24, 2.45) is 0 Å². The van der Waals surface area contributed by atoms with Crippen molar-refractivity contribution in [3.8, 4) is 5.75 Å². The van der Waals surface area contributed by atoms with E-state index in [1.54, 1.807) is 0 Å². The number of nitrogens with one attached hydrogen (secondary N) is 1. The summed E-state index contributed by atoms with van der Waals surface area (Å²) in [7, 11) is 0. The zero-order valence-corrected chi connectivity index (χ0v) is 11.5. The lowest BCUT2D eigenvalue weighted by Crippen LogP contribution is -2.13. The van der Waals surface area contributed by atoms with E-state index in [0.29, 0.717) is 0 Å². The van der Waals surface area contributed by atoms with Gasteiger partial charge in [-0.1, -0.05) is 31.9 Å². The molecule has 0 aliphatic carbocycles. The lowest BCUT2D eigenvalue weighted by atomic mass is 10.0. The normalized spacial score (nSPS) is 13.4. The molecule has 1 aromatic rings. The van der Waals surface area contributed by atoms with E-state index in [4.69, 9.17) is 4.74 Å². The van der Waals surface area contributed by atoms with Gasteiger partial charge >= 0.3 is 0 Å².